The van der Waals surface area contributed by atoms with E-state index < -0.39 is 10.8 Å². The lowest BCUT2D eigenvalue weighted by atomic mass is 10.2. The highest BCUT2D eigenvalue weighted by Crippen LogP contribution is 2.33. The lowest BCUT2D eigenvalue weighted by Gasteiger charge is -2.07. The first kappa shape index (κ1) is 13.9. The second-order valence-corrected chi connectivity index (χ2v) is 3.57. The molecule has 0 aliphatic carbocycles. The van der Waals surface area contributed by atoms with Crippen LogP contribution in [0.4, 0.5) is 11.4 Å². The molecule has 0 unspecified atom stereocenters. The second kappa shape index (κ2) is 6.55. The van der Waals surface area contributed by atoms with E-state index in [1.165, 1.54) is 25.3 Å². The van der Waals surface area contributed by atoms with Crippen LogP contribution in [0, 0.1) is 10.1 Å². The third-order valence-electron chi connectivity index (χ3n) is 2.23. The van der Waals surface area contributed by atoms with Crippen molar-refractivity contribution in [3.8, 4) is 5.75 Å². The molecule has 0 aliphatic rings. The monoisotopic (exact) mass is 254 g/mol. The Morgan fingerprint density at radius 3 is 2.89 bits per heavy atom. The van der Waals surface area contributed by atoms with Crippen LogP contribution in [0.3, 0.4) is 0 Å². The number of ether oxygens (including phenoxy) is 1. The molecule has 0 aromatic heterocycles. The standard InChI is InChI=1S/C11H14N2O5/c1-18-7-3-6-10(15)12-11-8(13(16)17)4-2-5-9(11)14/h2,4-5,14H,3,6-7H2,1H3,(H,12,15). The lowest BCUT2D eigenvalue weighted by Crippen LogP contribution is -2.13. The Kier molecular flexibility index (Phi) is 5.06. The van der Waals surface area contributed by atoms with Crippen molar-refractivity contribution in [3.63, 3.8) is 0 Å². The maximum absolute atomic E-state index is 11.5. The number of nitro benzene ring substituents is 1. The fourth-order valence-electron chi connectivity index (χ4n) is 1.39. The third kappa shape index (κ3) is 3.70. The van der Waals surface area contributed by atoms with Crippen molar-refractivity contribution in [2.24, 2.45) is 0 Å². The van der Waals surface area contributed by atoms with Crippen LogP contribution in [0.2, 0.25) is 0 Å². The summed E-state index contributed by atoms with van der Waals surface area (Å²) in [6.45, 7) is 0.427. The Morgan fingerprint density at radius 2 is 2.28 bits per heavy atom. The molecule has 0 bridgehead atoms. The summed E-state index contributed by atoms with van der Waals surface area (Å²) in [4.78, 5) is 21.6. The zero-order valence-corrected chi connectivity index (χ0v) is 9.88. The Hall–Kier alpha value is -2.15. The number of benzene rings is 1. The highest BCUT2D eigenvalue weighted by Gasteiger charge is 2.19. The van der Waals surface area contributed by atoms with Gasteiger partial charge in [-0.3, -0.25) is 14.9 Å². The first-order valence-electron chi connectivity index (χ1n) is 5.31. The molecule has 7 heteroatoms. The number of rotatable bonds is 6. The fourth-order valence-corrected chi connectivity index (χ4v) is 1.39. The van der Waals surface area contributed by atoms with Crippen LogP contribution in [-0.2, 0) is 9.53 Å². The van der Waals surface area contributed by atoms with E-state index >= 15 is 0 Å². The number of nitro groups is 1. The summed E-state index contributed by atoms with van der Waals surface area (Å²) >= 11 is 0. The zero-order valence-electron chi connectivity index (χ0n) is 9.88. The quantitative estimate of drug-likeness (QED) is 0.348. The maximum Gasteiger partial charge on any atom is 0.296 e. The summed E-state index contributed by atoms with van der Waals surface area (Å²) in [6.07, 6.45) is 0.670. The molecule has 1 aromatic rings. The molecule has 0 radical (unpaired) electrons. The molecule has 0 spiro atoms. The summed E-state index contributed by atoms with van der Waals surface area (Å²) in [7, 11) is 1.52. The predicted octanol–water partition coefficient (Wildman–Crippen LogP) is 1.67. The first-order valence-corrected chi connectivity index (χ1v) is 5.31. The van der Waals surface area contributed by atoms with Crippen LogP contribution in [0.1, 0.15) is 12.8 Å². The topological polar surface area (TPSA) is 102 Å². The van der Waals surface area contributed by atoms with E-state index in [9.17, 15) is 20.0 Å². The Balaban J connectivity index is 2.77. The minimum atomic E-state index is -0.662. The Bertz CT molecular complexity index is 447. The number of amides is 1. The number of hydrogen-bond acceptors (Lipinski definition) is 5. The molecule has 1 aromatic carbocycles. The largest absolute Gasteiger partial charge is 0.505 e. The van der Waals surface area contributed by atoms with E-state index in [0.717, 1.165) is 0 Å². The van der Waals surface area contributed by atoms with E-state index in [2.05, 4.69) is 5.32 Å². The molecule has 2 N–H and O–H groups in total. The van der Waals surface area contributed by atoms with Crippen molar-refractivity contribution in [2.45, 2.75) is 12.8 Å². The van der Waals surface area contributed by atoms with Crippen molar-refractivity contribution >= 4 is 17.3 Å². The number of methoxy groups -OCH3 is 1. The SMILES string of the molecule is COCCCC(=O)Nc1c(O)cccc1[N+](=O)[O-]. The molecule has 0 saturated carbocycles. The predicted molar refractivity (Wildman–Crippen MR) is 64.5 cm³/mol. The van der Waals surface area contributed by atoms with Gasteiger partial charge in [0.25, 0.3) is 5.69 Å². The van der Waals surface area contributed by atoms with Crippen LogP contribution < -0.4 is 5.32 Å². The molecule has 7 nitrogen and oxygen atoms in total. The molecule has 98 valence electrons. The van der Waals surface area contributed by atoms with Crippen molar-refractivity contribution < 1.29 is 19.6 Å². The van der Waals surface area contributed by atoms with Gasteiger partial charge in [0.1, 0.15) is 5.75 Å². The van der Waals surface area contributed by atoms with Crippen molar-refractivity contribution in [1.29, 1.82) is 0 Å². The average molecular weight is 254 g/mol. The third-order valence-corrected chi connectivity index (χ3v) is 2.23. The lowest BCUT2D eigenvalue weighted by molar-refractivity contribution is -0.384. The van der Waals surface area contributed by atoms with Gasteiger partial charge in [-0.15, -0.1) is 0 Å². The van der Waals surface area contributed by atoms with Crippen molar-refractivity contribution in [2.75, 3.05) is 19.0 Å². The smallest absolute Gasteiger partial charge is 0.296 e. The zero-order chi connectivity index (χ0) is 13.5. The molecule has 0 aliphatic heterocycles. The fraction of sp³-hybridized carbons (Fsp3) is 0.364. The number of carbonyl (C=O) groups is 1. The van der Waals surface area contributed by atoms with Gasteiger partial charge in [0, 0.05) is 26.2 Å². The minimum absolute atomic E-state index is 0.166. The highest BCUT2D eigenvalue weighted by molar-refractivity contribution is 5.94. The van der Waals surface area contributed by atoms with Crippen molar-refractivity contribution in [3.05, 3.63) is 28.3 Å². The van der Waals surface area contributed by atoms with Crippen LogP contribution in [0.15, 0.2) is 18.2 Å². The van der Waals surface area contributed by atoms with Gasteiger partial charge in [-0.05, 0) is 12.5 Å². The number of phenols is 1. The van der Waals surface area contributed by atoms with E-state index in [-0.39, 0.29) is 23.5 Å². The maximum atomic E-state index is 11.5. The van der Waals surface area contributed by atoms with Gasteiger partial charge in [-0.1, -0.05) is 6.07 Å². The summed E-state index contributed by atoms with van der Waals surface area (Å²) in [6, 6.07) is 3.83. The van der Waals surface area contributed by atoms with Crippen molar-refractivity contribution in [1.82, 2.24) is 0 Å². The molecule has 0 heterocycles. The molecule has 0 atom stereocenters. The molecular formula is C11H14N2O5. The minimum Gasteiger partial charge on any atom is -0.505 e. The van der Waals surface area contributed by atoms with Gasteiger partial charge in [0.2, 0.25) is 5.91 Å². The van der Waals surface area contributed by atoms with Crippen LogP contribution in [-0.4, -0.2) is 29.7 Å². The second-order valence-electron chi connectivity index (χ2n) is 3.57. The van der Waals surface area contributed by atoms with Gasteiger partial charge in [0.15, 0.2) is 5.69 Å². The van der Waals surface area contributed by atoms with Gasteiger partial charge in [-0.2, -0.15) is 0 Å². The molecule has 0 saturated heterocycles. The number of para-hydroxylation sites is 1. The summed E-state index contributed by atoms with van der Waals surface area (Å²) in [5.74, 6) is -0.735. The first-order chi connectivity index (χ1) is 8.56. The van der Waals surface area contributed by atoms with E-state index in [0.29, 0.717) is 13.0 Å². The molecule has 1 rings (SSSR count). The number of hydrogen-bond donors (Lipinski definition) is 2. The average Bonchev–Trinajstić information content (AvgIpc) is 2.31. The molecular weight excluding hydrogens is 240 g/mol. The highest BCUT2D eigenvalue weighted by atomic mass is 16.6. The Morgan fingerprint density at radius 1 is 1.56 bits per heavy atom. The summed E-state index contributed by atoms with van der Waals surface area (Å²) in [5.41, 5.74) is -0.514. The summed E-state index contributed by atoms with van der Waals surface area (Å²) in [5, 5.41) is 22.6. The van der Waals surface area contributed by atoms with E-state index in [1.54, 1.807) is 0 Å². The van der Waals surface area contributed by atoms with Crippen LogP contribution >= 0.6 is 0 Å². The number of phenolic OH excluding ortho intramolecular Hbond substituents is 1. The van der Waals surface area contributed by atoms with Gasteiger partial charge >= 0.3 is 0 Å². The van der Waals surface area contributed by atoms with Gasteiger partial charge in [-0.25, -0.2) is 0 Å². The summed E-state index contributed by atoms with van der Waals surface area (Å²) < 4.78 is 4.79. The number of nitrogens with one attached hydrogen (secondary N) is 1. The molecule has 0 fully saturated rings. The normalized spacial score (nSPS) is 10.1. The van der Waals surface area contributed by atoms with Crippen LogP contribution in [0.5, 0.6) is 5.75 Å². The van der Waals surface area contributed by atoms with E-state index in [4.69, 9.17) is 4.74 Å². The van der Waals surface area contributed by atoms with Crippen LogP contribution in [0.25, 0.3) is 0 Å². The van der Waals surface area contributed by atoms with Gasteiger partial charge in [0.05, 0.1) is 4.92 Å². The Labute approximate surface area is 104 Å². The molecule has 18 heavy (non-hydrogen) atoms. The number of aromatic hydroxyl groups is 1. The number of nitrogens with zero attached hydrogens (tertiary/aromatic N) is 1. The number of anilines is 1. The van der Waals surface area contributed by atoms with E-state index in [1.807, 2.05) is 0 Å². The van der Waals surface area contributed by atoms with Gasteiger partial charge < -0.3 is 15.2 Å². The number of carbonyl (C=O) groups excluding carboxylic acids is 1. The molecule has 1 amide bonds.